The maximum absolute atomic E-state index is 2.87. The van der Waals surface area contributed by atoms with Gasteiger partial charge >= 0.3 is 0 Å². The molecule has 0 radical (unpaired) electrons. The first-order chi connectivity index (χ1) is 23.6. The lowest BCUT2D eigenvalue weighted by Gasteiger charge is -2.22. The zero-order valence-corrected chi connectivity index (χ0v) is 34.9. The minimum Gasteiger partial charge on any atom is -0.303 e. The summed E-state index contributed by atoms with van der Waals surface area (Å²) in [6.45, 7) is 15.9. The number of nitrogens with zero attached hydrogens (tertiary/aromatic N) is 1. The molecule has 0 fully saturated rings. The van der Waals surface area contributed by atoms with Crippen molar-refractivity contribution in [1.29, 1.82) is 0 Å². The summed E-state index contributed by atoms with van der Waals surface area (Å²) in [5.41, 5.74) is 0. The van der Waals surface area contributed by atoms with Gasteiger partial charge in [0.15, 0.2) is 0 Å². The van der Waals surface area contributed by atoms with E-state index >= 15 is 0 Å². The van der Waals surface area contributed by atoms with Gasteiger partial charge in [-0.1, -0.05) is 253 Å². The highest BCUT2D eigenvalue weighted by atomic mass is 15.1. The van der Waals surface area contributed by atoms with Crippen LogP contribution in [0.2, 0.25) is 0 Å². The van der Waals surface area contributed by atoms with E-state index in [9.17, 15) is 0 Å². The Hall–Kier alpha value is -0.0400. The van der Waals surface area contributed by atoms with Crippen LogP contribution in [0.25, 0.3) is 0 Å². The molecule has 290 valence electrons. The molecule has 0 heterocycles. The van der Waals surface area contributed by atoms with Crippen LogP contribution in [0.3, 0.4) is 0 Å². The molecule has 1 nitrogen and oxygen atoms in total. The van der Waals surface area contributed by atoms with Gasteiger partial charge in [-0.25, -0.2) is 0 Å². The Bertz CT molecular complexity index is 521. The monoisotopic (exact) mass is 676 g/mol. The van der Waals surface area contributed by atoms with Crippen molar-refractivity contribution in [3.8, 4) is 0 Å². The third-order valence-electron chi connectivity index (χ3n) is 11.1. The van der Waals surface area contributed by atoms with Crippen molar-refractivity contribution in [2.75, 3.05) is 19.6 Å². The summed E-state index contributed by atoms with van der Waals surface area (Å²) in [7, 11) is 0. The quantitative estimate of drug-likeness (QED) is 0.0582. The number of rotatable bonds is 42. The molecule has 0 aromatic carbocycles. The van der Waals surface area contributed by atoms with Crippen molar-refractivity contribution in [2.45, 2.75) is 272 Å². The second-order valence-corrected chi connectivity index (χ2v) is 17.2. The Kier molecular flexibility index (Phi) is 41.3. The first-order valence-electron chi connectivity index (χ1n) is 23.3. The molecule has 0 atom stereocenters. The van der Waals surface area contributed by atoms with E-state index in [-0.39, 0.29) is 0 Å². The van der Waals surface area contributed by atoms with Gasteiger partial charge in [0.1, 0.15) is 0 Å². The number of hydrogen-bond donors (Lipinski definition) is 0. The van der Waals surface area contributed by atoms with E-state index in [2.05, 4.69) is 39.5 Å². The molecule has 0 spiro atoms. The van der Waals surface area contributed by atoms with Gasteiger partial charge in [-0.2, -0.15) is 0 Å². The molecule has 0 N–H and O–H groups in total. The van der Waals surface area contributed by atoms with E-state index in [1.165, 1.54) is 257 Å². The summed E-state index contributed by atoms with van der Waals surface area (Å²) in [5.74, 6) is 1.78. The maximum Gasteiger partial charge on any atom is -0.00187 e. The molecule has 0 rings (SSSR count). The molecule has 0 bridgehead atoms. The van der Waals surface area contributed by atoms with Crippen LogP contribution in [0.15, 0.2) is 0 Å². The molecule has 1 heteroatoms. The largest absolute Gasteiger partial charge is 0.303 e. The molecule has 0 unspecified atom stereocenters. The second-order valence-electron chi connectivity index (χ2n) is 17.2. The number of unbranched alkanes of at least 4 members (excludes halogenated alkanes) is 32. The van der Waals surface area contributed by atoms with Crippen LogP contribution in [0, 0.1) is 11.8 Å². The predicted octanol–water partition coefficient (Wildman–Crippen LogP) is 17.1. The van der Waals surface area contributed by atoms with Crippen molar-refractivity contribution in [3.05, 3.63) is 0 Å². The molecule has 48 heavy (non-hydrogen) atoms. The van der Waals surface area contributed by atoms with Gasteiger partial charge in [-0.05, 0) is 50.7 Å². The number of hydrogen-bond acceptors (Lipinski definition) is 1. The van der Waals surface area contributed by atoms with Gasteiger partial charge in [0.25, 0.3) is 0 Å². The summed E-state index contributed by atoms with van der Waals surface area (Å²) >= 11 is 0. The van der Waals surface area contributed by atoms with Crippen LogP contribution in [0.5, 0.6) is 0 Å². The predicted molar refractivity (Wildman–Crippen MR) is 223 cm³/mol. The van der Waals surface area contributed by atoms with Gasteiger partial charge in [0, 0.05) is 0 Å². The zero-order chi connectivity index (χ0) is 35.0. The minimum atomic E-state index is 0.888. The summed E-state index contributed by atoms with van der Waals surface area (Å²) in [4.78, 5) is 2.87. The van der Waals surface area contributed by atoms with E-state index in [1.807, 2.05) is 0 Å². The van der Waals surface area contributed by atoms with Gasteiger partial charge < -0.3 is 4.90 Å². The lowest BCUT2D eigenvalue weighted by atomic mass is 10.0. The third kappa shape index (κ3) is 42.1. The molecule has 0 saturated heterocycles. The fourth-order valence-electron chi connectivity index (χ4n) is 7.65. The van der Waals surface area contributed by atoms with E-state index in [1.54, 1.807) is 0 Å². The van der Waals surface area contributed by atoms with E-state index in [0.29, 0.717) is 0 Å². The van der Waals surface area contributed by atoms with Crippen molar-refractivity contribution < 1.29 is 0 Å². The van der Waals surface area contributed by atoms with E-state index in [4.69, 9.17) is 0 Å². The van der Waals surface area contributed by atoms with Gasteiger partial charge in [0.2, 0.25) is 0 Å². The standard InChI is InChI=1S/C47H97N/c1-6-7-8-9-10-11-12-13-14-15-18-23-28-33-38-43-48(44-39-34-29-24-19-16-21-26-31-36-41-46(2)3)45-40-35-30-25-20-17-22-27-32-37-42-47(4)5/h46-47H,6-45H2,1-5H3. The molecular weight excluding hydrogens is 579 g/mol. The van der Waals surface area contributed by atoms with Gasteiger partial charge in [0.05, 0.1) is 0 Å². The van der Waals surface area contributed by atoms with Crippen molar-refractivity contribution >= 4 is 0 Å². The van der Waals surface area contributed by atoms with Crippen LogP contribution >= 0.6 is 0 Å². The summed E-state index contributed by atoms with van der Waals surface area (Å²) < 4.78 is 0. The van der Waals surface area contributed by atoms with Crippen LogP contribution in [0.1, 0.15) is 272 Å². The average molecular weight is 676 g/mol. The fourth-order valence-corrected chi connectivity index (χ4v) is 7.65. The molecule has 0 amide bonds. The summed E-state index contributed by atoms with van der Waals surface area (Å²) in [5, 5.41) is 0. The second kappa shape index (κ2) is 41.4. The average Bonchev–Trinajstić information content (AvgIpc) is 3.06. The molecule has 0 aromatic rings. The summed E-state index contributed by atoms with van der Waals surface area (Å²) in [6, 6.07) is 0. The molecule has 0 aliphatic heterocycles. The molecular formula is C47H97N. The SMILES string of the molecule is CCCCCCCCCCCCCCCCCN(CCCCCCCCCCCCC(C)C)CCCCCCCCCCCCC(C)C. The molecule has 0 saturated carbocycles. The van der Waals surface area contributed by atoms with Crippen LogP contribution < -0.4 is 0 Å². The smallest absolute Gasteiger partial charge is 0.00187 e. The lowest BCUT2D eigenvalue weighted by molar-refractivity contribution is 0.254. The normalized spacial score (nSPS) is 12.0. The minimum absolute atomic E-state index is 0.888. The molecule has 0 aromatic heterocycles. The highest BCUT2D eigenvalue weighted by molar-refractivity contribution is 4.61. The Labute approximate surface area is 307 Å². The molecule has 0 aliphatic carbocycles. The van der Waals surface area contributed by atoms with Gasteiger partial charge in [-0.3, -0.25) is 0 Å². The third-order valence-corrected chi connectivity index (χ3v) is 11.1. The zero-order valence-electron chi connectivity index (χ0n) is 34.9. The van der Waals surface area contributed by atoms with Crippen LogP contribution in [-0.4, -0.2) is 24.5 Å². The Balaban J connectivity index is 3.94. The van der Waals surface area contributed by atoms with Crippen molar-refractivity contribution in [3.63, 3.8) is 0 Å². The first kappa shape index (κ1) is 48.0. The Morgan fingerprint density at radius 1 is 0.250 bits per heavy atom. The Morgan fingerprint density at radius 3 is 0.646 bits per heavy atom. The summed E-state index contributed by atoms with van der Waals surface area (Å²) in [6.07, 6.45) is 54.2. The molecule has 0 aliphatic rings. The van der Waals surface area contributed by atoms with Crippen LogP contribution in [0.4, 0.5) is 0 Å². The topological polar surface area (TPSA) is 3.24 Å². The van der Waals surface area contributed by atoms with Crippen molar-refractivity contribution in [2.24, 2.45) is 11.8 Å². The Morgan fingerprint density at radius 2 is 0.438 bits per heavy atom. The van der Waals surface area contributed by atoms with E-state index < -0.39 is 0 Å². The highest BCUT2D eigenvalue weighted by Crippen LogP contribution is 2.17. The van der Waals surface area contributed by atoms with Crippen LogP contribution in [-0.2, 0) is 0 Å². The maximum atomic E-state index is 2.87. The van der Waals surface area contributed by atoms with E-state index in [0.717, 1.165) is 11.8 Å². The lowest BCUT2D eigenvalue weighted by Crippen LogP contribution is -2.27. The highest BCUT2D eigenvalue weighted by Gasteiger charge is 2.06. The van der Waals surface area contributed by atoms with Gasteiger partial charge in [-0.15, -0.1) is 0 Å². The van der Waals surface area contributed by atoms with Crippen molar-refractivity contribution in [1.82, 2.24) is 4.90 Å². The fraction of sp³-hybridized carbons (Fsp3) is 1.00. The first-order valence-corrected chi connectivity index (χ1v) is 23.3.